The topological polar surface area (TPSA) is 72.1 Å². The molecule has 1 unspecified atom stereocenters. The summed E-state index contributed by atoms with van der Waals surface area (Å²) < 4.78 is 38.6. The predicted octanol–water partition coefficient (Wildman–Crippen LogP) is 5.40. The molecule has 0 fully saturated rings. The Bertz CT molecular complexity index is 1090. The average Bonchev–Trinajstić information content (AvgIpc) is 2.71. The third-order valence-electron chi connectivity index (χ3n) is 5.12. The van der Waals surface area contributed by atoms with Crippen molar-refractivity contribution in [2.75, 3.05) is 12.3 Å². The van der Waals surface area contributed by atoms with Crippen LogP contribution >= 0.6 is 0 Å². The van der Waals surface area contributed by atoms with E-state index in [1.165, 1.54) is 6.07 Å². The van der Waals surface area contributed by atoms with Gasteiger partial charge in [0.2, 0.25) is 0 Å². The Hall–Kier alpha value is -3.16. The molecule has 0 saturated heterocycles. The highest BCUT2D eigenvalue weighted by Crippen LogP contribution is 2.30. The van der Waals surface area contributed by atoms with Gasteiger partial charge in [-0.25, -0.2) is 4.98 Å². The molecule has 0 aliphatic heterocycles. The molecule has 164 valence electrons. The number of carbonyl (C=O) groups excluding carboxylic acids is 1. The van der Waals surface area contributed by atoms with Crippen molar-refractivity contribution < 1.29 is 18.0 Å². The van der Waals surface area contributed by atoms with E-state index in [0.717, 1.165) is 23.2 Å². The van der Waals surface area contributed by atoms with Crippen molar-refractivity contribution in [3.05, 3.63) is 65.0 Å². The molecule has 0 bridgehead atoms. The van der Waals surface area contributed by atoms with Gasteiger partial charge >= 0.3 is 6.18 Å². The van der Waals surface area contributed by atoms with Gasteiger partial charge in [0.15, 0.2) is 0 Å². The van der Waals surface area contributed by atoms with Crippen LogP contribution in [0.4, 0.5) is 19.0 Å². The lowest BCUT2D eigenvalue weighted by molar-refractivity contribution is -0.137. The van der Waals surface area contributed by atoms with Crippen LogP contribution in [0.1, 0.15) is 54.0 Å². The molecule has 3 aromatic rings. The van der Waals surface area contributed by atoms with E-state index in [-0.39, 0.29) is 11.8 Å². The van der Waals surface area contributed by atoms with Crippen molar-refractivity contribution >= 4 is 22.6 Å². The normalized spacial score (nSPS) is 12.9. The molecule has 0 saturated carbocycles. The molecule has 0 aliphatic carbocycles. The molecule has 31 heavy (non-hydrogen) atoms. The van der Waals surface area contributed by atoms with Crippen LogP contribution in [0.2, 0.25) is 0 Å². The van der Waals surface area contributed by atoms with Crippen molar-refractivity contribution in [2.24, 2.45) is 5.92 Å². The number of anilines is 1. The number of aromatic nitrogens is 2. The summed E-state index contributed by atoms with van der Waals surface area (Å²) in [5.41, 5.74) is 7.42. The minimum Gasteiger partial charge on any atom is -0.383 e. The number of nitrogens with zero attached hydrogens (tertiary/aromatic N) is 3. The molecule has 0 spiro atoms. The smallest absolute Gasteiger partial charge is 0.383 e. The zero-order valence-electron chi connectivity index (χ0n) is 17.9. The lowest BCUT2D eigenvalue weighted by Gasteiger charge is -2.31. The van der Waals surface area contributed by atoms with Crippen LogP contribution in [0.3, 0.4) is 0 Å². The van der Waals surface area contributed by atoms with E-state index < -0.39 is 17.8 Å². The maximum absolute atomic E-state index is 13.4. The number of pyridine rings is 2. The quantitative estimate of drug-likeness (QED) is 0.588. The Morgan fingerprint density at radius 1 is 1.13 bits per heavy atom. The number of hydrogen-bond donors (Lipinski definition) is 1. The van der Waals surface area contributed by atoms with Crippen LogP contribution in [0.25, 0.3) is 10.9 Å². The lowest BCUT2D eigenvalue weighted by Crippen LogP contribution is -2.36. The number of nitrogens with two attached hydrogens (primary N) is 1. The Balaban J connectivity index is 1.95. The van der Waals surface area contributed by atoms with Gasteiger partial charge in [0.05, 0.1) is 22.8 Å². The summed E-state index contributed by atoms with van der Waals surface area (Å²) in [4.78, 5) is 23.3. The monoisotopic (exact) mass is 430 g/mol. The Labute approximate surface area is 179 Å². The Morgan fingerprint density at radius 2 is 1.84 bits per heavy atom. The van der Waals surface area contributed by atoms with Gasteiger partial charge in [0.25, 0.3) is 5.91 Å². The van der Waals surface area contributed by atoms with E-state index >= 15 is 0 Å². The zero-order valence-corrected chi connectivity index (χ0v) is 17.9. The van der Waals surface area contributed by atoms with Crippen LogP contribution in [0.5, 0.6) is 0 Å². The van der Waals surface area contributed by atoms with Gasteiger partial charge in [-0.3, -0.25) is 9.78 Å². The number of fused-ring (bicyclic) bond motifs is 1. The minimum atomic E-state index is -4.46. The van der Waals surface area contributed by atoms with E-state index in [2.05, 4.69) is 9.97 Å². The highest BCUT2D eigenvalue weighted by Gasteiger charge is 2.31. The third kappa shape index (κ3) is 4.95. The van der Waals surface area contributed by atoms with Gasteiger partial charge in [0.1, 0.15) is 5.82 Å². The van der Waals surface area contributed by atoms with Gasteiger partial charge in [-0.15, -0.1) is 0 Å². The molecule has 3 rings (SSSR count). The summed E-state index contributed by atoms with van der Waals surface area (Å²) in [5.74, 6) is 0.374. The molecular formula is C23H25F3N4O. The van der Waals surface area contributed by atoms with Gasteiger partial charge in [0, 0.05) is 23.7 Å². The van der Waals surface area contributed by atoms with Gasteiger partial charge in [-0.05, 0) is 61.7 Å². The standard InChI is InChI=1S/C23H25F3N4O/c1-13(2)12-30(15(4)19-8-6-18(11-28-19)23(24,25)26)22(31)16-5-7-20-17(10-16)9-14(3)21(27)29-20/h5-11,13,15H,12H2,1-4H3,(H2,27,29). The van der Waals surface area contributed by atoms with Crippen LogP contribution in [0.15, 0.2) is 42.6 Å². The molecular weight excluding hydrogens is 405 g/mol. The van der Waals surface area contributed by atoms with Crippen LogP contribution in [-0.2, 0) is 6.18 Å². The maximum Gasteiger partial charge on any atom is 0.417 e. The molecule has 5 nitrogen and oxygen atoms in total. The number of benzene rings is 1. The predicted molar refractivity (Wildman–Crippen MR) is 114 cm³/mol. The highest BCUT2D eigenvalue weighted by molar-refractivity contribution is 5.98. The third-order valence-corrected chi connectivity index (χ3v) is 5.12. The fraction of sp³-hybridized carbons (Fsp3) is 0.348. The first-order valence-corrected chi connectivity index (χ1v) is 9.98. The second-order valence-corrected chi connectivity index (χ2v) is 8.09. The summed E-state index contributed by atoms with van der Waals surface area (Å²) in [7, 11) is 0. The van der Waals surface area contributed by atoms with Gasteiger partial charge < -0.3 is 10.6 Å². The van der Waals surface area contributed by atoms with Crippen molar-refractivity contribution in [1.82, 2.24) is 14.9 Å². The molecule has 0 aliphatic rings. The van der Waals surface area contributed by atoms with Crippen molar-refractivity contribution in [2.45, 2.75) is 39.9 Å². The fourth-order valence-corrected chi connectivity index (χ4v) is 3.39. The number of rotatable bonds is 5. The van der Waals surface area contributed by atoms with Gasteiger partial charge in [-0.2, -0.15) is 13.2 Å². The van der Waals surface area contributed by atoms with E-state index in [1.54, 1.807) is 30.0 Å². The number of alkyl halides is 3. The van der Waals surface area contributed by atoms with Crippen LogP contribution in [0, 0.1) is 12.8 Å². The van der Waals surface area contributed by atoms with E-state index in [9.17, 15) is 18.0 Å². The van der Waals surface area contributed by atoms with Gasteiger partial charge in [-0.1, -0.05) is 13.8 Å². The number of halogens is 3. The largest absolute Gasteiger partial charge is 0.417 e. The molecule has 2 heterocycles. The molecule has 1 atom stereocenters. The minimum absolute atomic E-state index is 0.157. The number of nitrogen functional groups attached to an aromatic ring is 1. The number of hydrogen-bond acceptors (Lipinski definition) is 4. The number of carbonyl (C=O) groups is 1. The number of amides is 1. The lowest BCUT2D eigenvalue weighted by atomic mass is 10.0. The zero-order chi connectivity index (χ0) is 22.9. The first-order chi connectivity index (χ1) is 14.5. The number of aryl methyl sites for hydroxylation is 1. The van der Waals surface area contributed by atoms with Crippen molar-refractivity contribution in [1.29, 1.82) is 0 Å². The van der Waals surface area contributed by atoms with Crippen molar-refractivity contribution in [3.8, 4) is 0 Å². The summed E-state index contributed by atoms with van der Waals surface area (Å²) in [6.07, 6.45) is -3.65. The van der Waals surface area contributed by atoms with E-state index in [4.69, 9.17) is 5.73 Å². The summed E-state index contributed by atoms with van der Waals surface area (Å²) in [6, 6.07) is 8.88. The second-order valence-electron chi connectivity index (χ2n) is 8.09. The van der Waals surface area contributed by atoms with E-state index in [1.807, 2.05) is 26.8 Å². The van der Waals surface area contributed by atoms with Crippen LogP contribution in [-0.4, -0.2) is 27.3 Å². The fourth-order valence-electron chi connectivity index (χ4n) is 3.39. The molecule has 1 aromatic carbocycles. The summed E-state index contributed by atoms with van der Waals surface area (Å²) in [5, 5.41) is 0.794. The Kier molecular flexibility index (Phi) is 6.20. The molecule has 2 aromatic heterocycles. The summed E-state index contributed by atoms with van der Waals surface area (Å²) in [6.45, 7) is 8.00. The maximum atomic E-state index is 13.4. The second kappa shape index (κ2) is 8.53. The first kappa shape index (κ1) is 22.5. The molecule has 1 amide bonds. The first-order valence-electron chi connectivity index (χ1n) is 9.98. The van der Waals surface area contributed by atoms with Crippen LogP contribution < -0.4 is 5.73 Å². The molecule has 2 N–H and O–H groups in total. The highest BCUT2D eigenvalue weighted by atomic mass is 19.4. The molecule has 0 radical (unpaired) electrons. The SMILES string of the molecule is Cc1cc2cc(C(=O)N(CC(C)C)C(C)c3ccc(C(F)(F)F)cn3)ccc2nc1N. The average molecular weight is 430 g/mol. The summed E-state index contributed by atoms with van der Waals surface area (Å²) >= 11 is 0. The van der Waals surface area contributed by atoms with Crippen molar-refractivity contribution in [3.63, 3.8) is 0 Å². The van der Waals surface area contributed by atoms with E-state index in [0.29, 0.717) is 29.1 Å². The molecule has 8 heteroatoms. The Morgan fingerprint density at radius 3 is 2.42 bits per heavy atom.